The molecule has 2 N–H and O–H groups in total. The zero-order chi connectivity index (χ0) is 25.8. The number of aliphatic hydroxyl groups excluding tert-OH is 2. The third-order valence-electron chi connectivity index (χ3n) is 10.8. The van der Waals surface area contributed by atoms with E-state index in [1.54, 1.807) is 6.20 Å². The molecular formula is C30H34N4O3. The van der Waals surface area contributed by atoms with Gasteiger partial charge in [-0.3, -0.25) is 0 Å². The Bertz CT molecular complexity index is 1410. The van der Waals surface area contributed by atoms with Crippen LogP contribution in [0.4, 0.5) is 0 Å². The monoisotopic (exact) mass is 498 g/mol. The average molecular weight is 499 g/mol. The van der Waals surface area contributed by atoms with Crippen LogP contribution in [0.15, 0.2) is 48.2 Å². The molecule has 0 radical (unpaired) electrons. The number of ether oxygens (including phenoxy) is 1. The lowest BCUT2D eigenvalue weighted by Crippen LogP contribution is -2.66. The summed E-state index contributed by atoms with van der Waals surface area (Å²) in [5, 5.41) is 42.3. The average Bonchev–Trinajstić information content (AvgIpc) is 3.42. The maximum Gasteiger partial charge on any atom is 0.105 e. The number of nitrogens with zero attached hydrogens (tertiary/aromatic N) is 4. The van der Waals surface area contributed by atoms with Gasteiger partial charge in [0.2, 0.25) is 0 Å². The van der Waals surface area contributed by atoms with Gasteiger partial charge in [0.25, 0.3) is 0 Å². The molecule has 3 heterocycles. The summed E-state index contributed by atoms with van der Waals surface area (Å²) in [6.45, 7) is 2.36. The largest absolute Gasteiger partial charge is 0.388 e. The predicted molar refractivity (Wildman–Crippen MR) is 139 cm³/mol. The summed E-state index contributed by atoms with van der Waals surface area (Å²) >= 11 is 0. The van der Waals surface area contributed by atoms with Gasteiger partial charge in [-0.15, -0.1) is 0 Å². The van der Waals surface area contributed by atoms with Gasteiger partial charge in [0.05, 0.1) is 35.1 Å². The van der Waals surface area contributed by atoms with Gasteiger partial charge in [0.15, 0.2) is 0 Å². The number of aromatic nitrogens is 2. The smallest absolute Gasteiger partial charge is 0.105 e. The quantitative estimate of drug-likeness (QED) is 0.610. The van der Waals surface area contributed by atoms with Crippen LogP contribution in [0.5, 0.6) is 0 Å². The molecule has 2 aromatic rings. The van der Waals surface area contributed by atoms with Crippen molar-refractivity contribution < 1.29 is 14.9 Å². The highest BCUT2D eigenvalue weighted by Gasteiger charge is 2.74. The highest BCUT2D eigenvalue weighted by molar-refractivity contribution is 5.84. The number of hydrogen-bond donors (Lipinski definition) is 2. The number of rotatable bonds is 2. The van der Waals surface area contributed by atoms with Crippen molar-refractivity contribution in [3.63, 3.8) is 0 Å². The number of fused-ring (bicyclic) bond motifs is 2. The van der Waals surface area contributed by atoms with Crippen LogP contribution in [0.3, 0.4) is 0 Å². The van der Waals surface area contributed by atoms with Crippen molar-refractivity contribution in [3.05, 3.63) is 53.8 Å². The molecule has 3 fully saturated rings. The predicted octanol–water partition coefficient (Wildman–Crippen LogP) is 3.63. The van der Waals surface area contributed by atoms with Crippen LogP contribution in [0.2, 0.25) is 0 Å². The fourth-order valence-corrected chi connectivity index (χ4v) is 8.85. The Hall–Kier alpha value is -2.63. The van der Waals surface area contributed by atoms with Crippen LogP contribution in [0.1, 0.15) is 51.0 Å². The standard InChI is InChI=1S/C30H34N4O3/c1-27-9-10-28(17-31)15-21-25(35)26(36)23(34(2)3)16-29(21)11-12-30(28,37-29)24(27)7-5-20(27)18-4-6-22-19(14-18)8-13-32-33-22/h4-6,8,13-15,23-26,35-36H,7,9-12,16H2,1-3H3. The van der Waals surface area contributed by atoms with E-state index in [2.05, 4.69) is 47.5 Å². The molecular weight excluding hydrogens is 464 g/mol. The normalized spacial score (nSPS) is 44.0. The highest BCUT2D eigenvalue weighted by atomic mass is 16.5. The van der Waals surface area contributed by atoms with Crippen molar-refractivity contribution in [2.24, 2.45) is 16.7 Å². The van der Waals surface area contributed by atoms with Gasteiger partial charge >= 0.3 is 0 Å². The van der Waals surface area contributed by atoms with Crippen molar-refractivity contribution in [1.29, 1.82) is 5.26 Å². The lowest BCUT2D eigenvalue weighted by atomic mass is 9.49. The molecule has 1 saturated heterocycles. The summed E-state index contributed by atoms with van der Waals surface area (Å²) in [6.07, 6.45) is 8.83. The molecule has 1 aromatic heterocycles. The second-order valence-electron chi connectivity index (χ2n) is 12.5. The summed E-state index contributed by atoms with van der Waals surface area (Å²) in [4.78, 5) is 1.99. The van der Waals surface area contributed by atoms with Gasteiger partial charge in [-0.05, 0) is 92.9 Å². The van der Waals surface area contributed by atoms with Crippen molar-refractivity contribution >= 4 is 16.5 Å². The maximum atomic E-state index is 11.3. The van der Waals surface area contributed by atoms with Crippen LogP contribution in [-0.4, -0.2) is 68.9 Å². The molecule has 37 heavy (non-hydrogen) atoms. The minimum Gasteiger partial charge on any atom is -0.388 e. The van der Waals surface area contributed by atoms with Crippen LogP contribution < -0.4 is 0 Å². The van der Waals surface area contributed by atoms with Crippen LogP contribution in [0, 0.1) is 28.1 Å². The molecule has 8 atom stereocenters. The number of hydrogen-bond acceptors (Lipinski definition) is 7. The number of allylic oxidation sites excluding steroid dienone is 2. The molecule has 2 spiro atoms. The Balaban J connectivity index is 1.32. The van der Waals surface area contributed by atoms with Gasteiger partial charge in [0.1, 0.15) is 11.5 Å². The fourth-order valence-electron chi connectivity index (χ4n) is 8.85. The van der Waals surface area contributed by atoms with E-state index in [0.717, 1.165) is 42.2 Å². The van der Waals surface area contributed by atoms with E-state index in [9.17, 15) is 15.5 Å². The van der Waals surface area contributed by atoms with Crippen molar-refractivity contribution in [2.45, 2.75) is 74.9 Å². The van der Waals surface area contributed by atoms with Crippen LogP contribution in [-0.2, 0) is 4.74 Å². The molecule has 1 aromatic carbocycles. The second-order valence-corrected chi connectivity index (χ2v) is 12.5. The van der Waals surface area contributed by atoms with E-state index in [0.29, 0.717) is 12.8 Å². The molecule has 8 unspecified atom stereocenters. The van der Waals surface area contributed by atoms with E-state index in [4.69, 9.17) is 4.74 Å². The van der Waals surface area contributed by atoms with Gasteiger partial charge in [-0.1, -0.05) is 25.1 Å². The minimum absolute atomic E-state index is 0.126. The molecule has 2 aliphatic heterocycles. The van der Waals surface area contributed by atoms with Gasteiger partial charge in [-0.2, -0.15) is 15.5 Å². The van der Waals surface area contributed by atoms with Crippen molar-refractivity contribution in [2.75, 3.05) is 14.1 Å². The lowest BCUT2D eigenvalue weighted by Gasteiger charge is -2.61. The van der Waals surface area contributed by atoms with Crippen LogP contribution >= 0.6 is 0 Å². The van der Waals surface area contributed by atoms with E-state index >= 15 is 0 Å². The van der Waals surface area contributed by atoms with E-state index in [-0.39, 0.29) is 17.4 Å². The molecule has 7 rings (SSSR count). The Morgan fingerprint density at radius 3 is 2.76 bits per heavy atom. The molecule has 192 valence electrons. The molecule has 0 amide bonds. The molecule has 5 aliphatic rings. The molecule has 2 bridgehead atoms. The van der Waals surface area contributed by atoms with Crippen molar-refractivity contribution in [3.8, 4) is 6.07 Å². The van der Waals surface area contributed by atoms with Gasteiger partial charge < -0.3 is 19.8 Å². The summed E-state index contributed by atoms with van der Waals surface area (Å²) in [6, 6.07) is 10.9. The topological polar surface area (TPSA) is 102 Å². The maximum absolute atomic E-state index is 11.3. The van der Waals surface area contributed by atoms with Gasteiger partial charge in [0, 0.05) is 17.3 Å². The highest BCUT2D eigenvalue weighted by Crippen LogP contribution is 2.72. The Morgan fingerprint density at radius 2 is 1.97 bits per heavy atom. The third-order valence-corrected chi connectivity index (χ3v) is 10.8. The third kappa shape index (κ3) is 2.80. The number of benzene rings is 1. The van der Waals surface area contributed by atoms with E-state index in [1.165, 1.54) is 11.1 Å². The zero-order valence-corrected chi connectivity index (χ0v) is 21.7. The lowest BCUT2D eigenvalue weighted by molar-refractivity contribution is -0.223. The Kier molecular flexibility index (Phi) is 4.75. The Labute approximate surface area is 217 Å². The summed E-state index contributed by atoms with van der Waals surface area (Å²) < 4.78 is 7.27. The molecule has 7 heteroatoms. The molecule has 2 saturated carbocycles. The number of aliphatic hydroxyl groups is 2. The minimum atomic E-state index is -1.02. The summed E-state index contributed by atoms with van der Waals surface area (Å²) in [7, 11) is 3.89. The summed E-state index contributed by atoms with van der Waals surface area (Å²) in [5.74, 6) is 0.161. The van der Waals surface area contributed by atoms with E-state index in [1.807, 2.05) is 31.1 Å². The fraction of sp³-hybridized carbons (Fsp3) is 0.567. The van der Waals surface area contributed by atoms with Crippen LogP contribution in [0.25, 0.3) is 16.5 Å². The zero-order valence-electron chi connectivity index (χ0n) is 21.7. The SMILES string of the molecule is CN(C)C1CC23CCC4(O2)C2CC=C(c5ccc6nnccc6c5)C2(C)CCC4(C#N)C=C3C(O)C1O. The van der Waals surface area contributed by atoms with Crippen molar-refractivity contribution in [1.82, 2.24) is 15.1 Å². The second kappa shape index (κ2) is 7.48. The molecule has 3 aliphatic carbocycles. The first-order chi connectivity index (χ1) is 17.7. The summed E-state index contributed by atoms with van der Waals surface area (Å²) in [5.41, 5.74) is 1.99. The Morgan fingerprint density at radius 1 is 1.14 bits per heavy atom. The number of likely N-dealkylation sites (N-methyl/N-ethyl adjacent to an activating group) is 1. The number of nitriles is 1. The first kappa shape index (κ1) is 23.5. The van der Waals surface area contributed by atoms with E-state index < -0.39 is 28.8 Å². The van der Waals surface area contributed by atoms with Gasteiger partial charge in [-0.25, -0.2) is 0 Å². The first-order valence-electron chi connectivity index (χ1n) is 13.5. The first-order valence-corrected chi connectivity index (χ1v) is 13.5. The molecule has 7 nitrogen and oxygen atoms in total.